The largest absolute Gasteiger partial charge is 0.447 e. The first-order valence-electron chi connectivity index (χ1n) is 11.2. The van der Waals surface area contributed by atoms with Crippen LogP contribution in [0.25, 0.3) is 10.4 Å². The van der Waals surface area contributed by atoms with E-state index in [0.29, 0.717) is 10.8 Å². The first-order chi connectivity index (χ1) is 15.2. The van der Waals surface area contributed by atoms with Gasteiger partial charge in [0.05, 0.1) is 30.6 Å². The molecular weight excluding hydrogens is 510 g/mol. The van der Waals surface area contributed by atoms with E-state index in [1.807, 2.05) is 38.2 Å². The highest BCUT2D eigenvalue weighted by Gasteiger charge is 2.32. The number of nitrogens with zero attached hydrogens (tertiary/aromatic N) is 1. The molecular formula is C23H30BrN3O3S2. The van der Waals surface area contributed by atoms with E-state index >= 15 is 0 Å². The lowest BCUT2D eigenvalue weighted by molar-refractivity contribution is 0.109. The van der Waals surface area contributed by atoms with E-state index < -0.39 is 9.73 Å². The van der Waals surface area contributed by atoms with Gasteiger partial charge in [0.25, 0.3) is 0 Å². The molecule has 0 spiro atoms. The second kappa shape index (κ2) is 9.81. The molecule has 0 radical (unpaired) electrons. The zero-order chi connectivity index (χ0) is 22.9. The Morgan fingerprint density at radius 2 is 1.97 bits per heavy atom. The van der Waals surface area contributed by atoms with Crippen molar-refractivity contribution in [2.75, 3.05) is 0 Å². The number of carbonyl (C=O) groups is 1. The molecule has 174 valence electrons. The lowest BCUT2D eigenvalue weighted by Gasteiger charge is -2.28. The lowest BCUT2D eigenvalue weighted by Crippen LogP contribution is -2.38. The zero-order valence-electron chi connectivity index (χ0n) is 18.4. The molecule has 0 saturated heterocycles. The molecule has 1 heterocycles. The van der Waals surface area contributed by atoms with Gasteiger partial charge >= 0.3 is 6.09 Å². The number of aromatic nitrogens is 1. The molecule has 2 aromatic rings. The van der Waals surface area contributed by atoms with Crippen molar-refractivity contribution >= 4 is 43.1 Å². The van der Waals surface area contributed by atoms with Gasteiger partial charge in [0.15, 0.2) is 0 Å². The second-order valence-corrected chi connectivity index (χ2v) is 13.3. The van der Waals surface area contributed by atoms with Gasteiger partial charge in [-0.2, -0.15) is 0 Å². The van der Waals surface area contributed by atoms with E-state index in [1.54, 1.807) is 11.3 Å². The van der Waals surface area contributed by atoms with Gasteiger partial charge in [-0.15, -0.1) is 11.3 Å². The van der Waals surface area contributed by atoms with Crippen molar-refractivity contribution in [3.8, 4) is 10.4 Å². The number of ether oxygens (including phenoxy) is 1. The molecule has 4 rings (SSSR count). The zero-order valence-corrected chi connectivity index (χ0v) is 21.7. The summed E-state index contributed by atoms with van der Waals surface area (Å²) < 4.78 is 28.1. The number of nitrogens with one attached hydrogen (secondary N) is 2. The average Bonchev–Trinajstić information content (AvgIpc) is 3.16. The molecule has 1 aromatic heterocycles. The van der Waals surface area contributed by atoms with Crippen LogP contribution in [0.4, 0.5) is 4.79 Å². The molecule has 1 amide bonds. The van der Waals surface area contributed by atoms with E-state index in [-0.39, 0.29) is 23.5 Å². The molecule has 2 aliphatic rings. The Balaban J connectivity index is 1.47. The van der Waals surface area contributed by atoms with Crippen LogP contribution in [-0.4, -0.2) is 32.7 Å². The smallest absolute Gasteiger partial charge is 0.407 e. The van der Waals surface area contributed by atoms with Gasteiger partial charge in [-0.1, -0.05) is 28.4 Å². The molecule has 2 N–H and O–H groups in total. The summed E-state index contributed by atoms with van der Waals surface area (Å²) in [7, 11) is -2.85. The maximum absolute atomic E-state index is 13.4. The van der Waals surface area contributed by atoms with Crippen molar-refractivity contribution in [1.29, 1.82) is 4.78 Å². The van der Waals surface area contributed by atoms with Crippen LogP contribution in [0.1, 0.15) is 69.7 Å². The van der Waals surface area contributed by atoms with Crippen LogP contribution in [0.5, 0.6) is 0 Å². The number of thiazole rings is 1. The molecule has 0 aliphatic heterocycles. The van der Waals surface area contributed by atoms with Crippen LogP contribution in [0, 0.1) is 4.78 Å². The Morgan fingerprint density at radius 1 is 1.25 bits per heavy atom. The molecule has 9 heteroatoms. The maximum atomic E-state index is 13.4. The monoisotopic (exact) mass is 539 g/mol. The molecule has 1 aromatic carbocycles. The predicted octanol–water partition coefficient (Wildman–Crippen LogP) is 6.69. The number of rotatable bonds is 6. The van der Waals surface area contributed by atoms with Gasteiger partial charge in [-0.25, -0.2) is 18.8 Å². The molecule has 1 atom stereocenters. The number of halogens is 1. The molecule has 2 saturated carbocycles. The average molecular weight is 541 g/mol. The van der Waals surface area contributed by atoms with E-state index in [0.717, 1.165) is 64.9 Å². The van der Waals surface area contributed by atoms with E-state index in [2.05, 4.69) is 21.2 Å². The van der Waals surface area contributed by atoms with Gasteiger partial charge in [-0.05, 0) is 64.5 Å². The summed E-state index contributed by atoms with van der Waals surface area (Å²) in [4.78, 5) is 18.2. The van der Waals surface area contributed by atoms with Crippen molar-refractivity contribution in [3.05, 3.63) is 33.9 Å². The number of benzene rings is 1. The van der Waals surface area contributed by atoms with Gasteiger partial charge in [-0.3, -0.25) is 0 Å². The topological polar surface area (TPSA) is 92.1 Å². The van der Waals surface area contributed by atoms with Crippen molar-refractivity contribution in [3.63, 3.8) is 0 Å². The van der Waals surface area contributed by atoms with Crippen LogP contribution in [0.15, 0.2) is 33.8 Å². The number of carbonyl (C=O) groups excluding carboxylic acids is 1. The van der Waals surface area contributed by atoms with Crippen molar-refractivity contribution in [2.24, 2.45) is 0 Å². The number of hydrogen-bond acceptors (Lipinski definition) is 6. The van der Waals surface area contributed by atoms with Crippen molar-refractivity contribution in [1.82, 2.24) is 10.3 Å². The van der Waals surface area contributed by atoms with Crippen LogP contribution in [0.2, 0.25) is 0 Å². The third-order valence-corrected chi connectivity index (χ3v) is 10.4. The number of hydrogen-bond donors (Lipinski definition) is 2. The summed E-state index contributed by atoms with van der Waals surface area (Å²) in [5, 5.41) is 4.00. The maximum Gasteiger partial charge on any atom is 0.407 e. The second-order valence-electron chi connectivity index (χ2n) is 9.00. The van der Waals surface area contributed by atoms with Crippen LogP contribution >= 0.6 is 27.3 Å². The third kappa shape index (κ3) is 5.20. The molecule has 2 fully saturated rings. The van der Waals surface area contributed by atoms with Crippen LogP contribution in [0.3, 0.4) is 0 Å². The Hall–Kier alpha value is -1.45. The molecule has 6 nitrogen and oxygen atoms in total. The summed E-state index contributed by atoms with van der Waals surface area (Å²) in [6.07, 6.45) is 7.92. The SMILES string of the molecule is CC(C)OC(=O)NC1CCC(c2ncc(-c3ccc(Br)cc3S(=N)(=O)C3CCC3)s2)CC1. The van der Waals surface area contributed by atoms with Gasteiger partial charge < -0.3 is 10.1 Å². The summed E-state index contributed by atoms with van der Waals surface area (Å²) >= 11 is 5.14. The summed E-state index contributed by atoms with van der Waals surface area (Å²) in [6, 6.07) is 5.91. The fourth-order valence-electron chi connectivity index (χ4n) is 4.33. The lowest BCUT2D eigenvalue weighted by atomic mass is 9.86. The minimum absolute atomic E-state index is 0.0481. The molecule has 2 aliphatic carbocycles. The quantitative estimate of drug-likeness (QED) is 0.427. The Morgan fingerprint density at radius 3 is 2.59 bits per heavy atom. The first-order valence-corrected chi connectivity index (χ1v) is 14.5. The Labute approximate surface area is 202 Å². The Kier molecular flexibility index (Phi) is 7.27. The standard InChI is InChI=1S/C23H30BrN3O3S2/c1-14(2)30-23(28)27-17-9-6-15(7-10-17)22-26-13-20(31-22)19-11-8-16(24)12-21(19)32(25,29)18-4-3-5-18/h8,11-15,17-18,25H,3-7,9-10H2,1-2H3,(H,27,28). The van der Waals surface area contributed by atoms with E-state index in [1.165, 1.54) is 0 Å². The predicted molar refractivity (Wildman–Crippen MR) is 132 cm³/mol. The van der Waals surface area contributed by atoms with Gasteiger partial charge in [0.2, 0.25) is 0 Å². The van der Waals surface area contributed by atoms with Crippen molar-refractivity contribution in [2.45, 2.75) is 87.0 Å². The highest BCUT2D eigenvalue weighted by Crippen LogP contribution is 2.42. The minimum atomic E-state index is -2.85. The summed E-state index contributed by atoms with van der Waals surface area (Å²) in [5.74, 6) is 0.360. The third-order valence-electron chi connectivity index (χ3n) is 6.32. The van der Waals surface area contributed by atoms with Gasteiger partial charge in [0, 0.05) is 33.4 Å². The van der Waals surface area contributed by atoms with Gasteiger partial charge in [0.1, 0.15) is 0 Å². The molecule has 1 unspecified atom stereocenters. The Bertz CT molecular complexity index is 1070. The highest BCUT2D eigenvalue weighted by molar-refractivity contribution is 9.10. The molecule has 32 heavy (non-hydrogen) atoms. The normalized spacial score (nSPS) is 23.4. The molecule has 0 bridgehead atoms. The highest BCUT2D eigenvalue weighted by atomic mass is 79.9. The summed E-state index contributed by atoms with van der Waals surface area (Å²) in [6.45, 7) is 3.69. The summed E-state index contributed by atoms with van der Waals surface area (Å²) in [5.41, 5.74) is 0.871. The fourth-order valence-corrected chi connectivity index (χ4v) is 8.20. The van der Waals surface area contributed by atoms with Crippen LogP contribution < -0.4 is 5.32 Å². The first kappa shape index (κ1) is 23.7. The van der Waals surface area contributed by atoms with E-state index in [9.17, 15) is 9.00 Å². The fraction of sp³-hybridized carbons (Fsp3) is 0.565. The van der Waals surface area contributed by atoms with Crippen LogP contribution in [-0.2, 0) is 14.5 Å². The number of alkyl carbamates (subject to hydrolysis) is 1. The minimum Gasteiger partial charge on any atom is -0.447 e. The number of amides is 1. The van der Waals surface area contributed by atoms with Crippen molar-refractivity contribution < 1.29 is 13.7 Å². The van der Waals surface area contributed by atoms with E-state index in [4.69, 9.17) is 14.5 Å².